The number of piperazine rings is 1. The molecule has 0 unspecified atom stereocenters. The molecule has 0 spiro atoms. The summed E-state index contributed by atoms with van der Waals surface area (Å²) < 4.78 is 0. The van der Waals surface area contributed by atoms with Crippen molar-refractivity contribution in [2.24, 2.45) is 0 Å². The van der Waals surface area contributed by atoms with Crippen molar-refractivity contribution in [3.05, 3.63) is 0 Å². The molecule has 4 nitrogen and oxygen atoms in total. The van der Waals surface area contributed by atoms with Crippen molar-refractivity contribution in [3.63, 3.8) is 0 Å². The van der Waals surface area contributed by atoms with Gasteiger partial charge >= 0.3 is 0 Å². The fourth-order valence-corrected chi connectivity index (χ4v) is 1.62. The van der Waals surface area contributed by atoms with Crippen LogP contribution in [-0.4, -0.2) is 59.6 Å². The maximum Gasteiger partial charge on any atom is 0.219 e. The third kappa shape index (κ3) is 3.32. The lowest BCUT2D eigenvalue weighted by atomic mass is 10.3. The third-order valence-electron chi connectivity index (χ3n) is 2.34. The third-order valence-corrected chi connectivity index (χ3v) is 2.34. The van der Waals surface area contributed by atoms with Gasteiger partial charge in [-0.2, -0.15) is 0 Å². The Balaban J connectivity index is 2.26. The Morgan fingerprint density at radius 1 is 1.38 bits per heavy atom. The monoisotopic (exact) mass is 186 g/mol. The summed E-state index contributed by atoms with van der Waals surface area (Å²) in [5.74, 6) is 0.150. The van der Waals surface area contributed by atoms with Crippen LogP contribution in [0.4, 0.5) is 0 Å². The SMILES string of the molecule is CC(=O)N1CCN(C[C@@H](C)O)CC1. The van der Waals surface area contributed by atoms with Crippen LogP contribution in [0.15, 0.2) is 0 Å². The molecule has 1 aliphatic rings. The summed E-state index contributed by atoms with van der Waals surface area (Å²) in [7, 11) is 0. The molecule has 1 heterocycles. The summed E-state index contributed by atoms with van der Waals surface area (Å²) in [5.41, 5.74) is 0. The molecule has 0 aliphatic carbocycles. The number of carbonyl (C=O) groups is 1. The number of carbonyl (C=O) groups excluding carboxylic acids is 1. The zero-order valence-electron chi connectivity index (χ0n) is 8.36. The minimum atomic E-state index is -0.274. The van der Waals surface area contributed by atoms with Gasteiger partial charge in [-0.3, -0.25) is 9.69 Å². The highest BCUT2D eigenvalue weighted by Gasteiger charge is 2.18. The van der Waals surface area contributed by atoms with Gasteiger partial charge in [0.2, 0.25) is 5.91 Å². The second kappa shape index (κ2) is 4.58. The zero-order chi connectivity index (χ0) is 9.84. The smallest absolute Gasteiger partial charge is 0.219 e. The lowest BCUT2D eigenvalue weighted by molar-refractivity contribution is -0.130. The number of hydrogen-bond donors (Lipinski definition) is 1. The Kier molecular flexibility index (Phi) is 3.69. The van der Waals surface area contributed by atoms with Crippen LogP contribution in [-0.2, 0) is 4.79 Å². The Bertz CT molecular complexity index is 174. The molecular formula is C9H18N2O2. The average Bonchev–Trinajstić information content (AvgIpc) is 2.04. The second-order valence-corrected chi connectivity index (χ2v) is 3.66. The molecule has 0 aromatic carbocycles. The maximum absolute atomic E-state index is 11.0. The van der Waals surface area contributed by atoms with E-state index in [1.54, 1.807) is 13.8 Å². The van der Waals surface area contributed by atoms with Gasteiger partial charge in [-0.05, 0) is 6.92 Å². The second-order valence-electron chi connectivity index (χ2n) is 3.66. The summed E-state index contributed by atoms with van der Waals surface area (Å²) >= 11 is 0. The van der Waals surface area contributed by atoms with Gasteiger partial charge in [0.05, 0.1) is 6.10 Å². The van der Waals surface area contributed by atoms with Crippen molar-refractivity contribution in [1.29, 1.82) is 0 Å². The number of aliphatic hydroxyl groups is 1. The van der Waals surface area contributed by atoms with E-state index in [9.17, 15) is 4.79 Å². The molecule has 1 fully saturated rings. The molecule has 4 heteroatoms. The van der Waals surface area contributed by atoms with Gasteiger partial charge in [0.15, 0.2) is 0 Å². The largest absolute Gasteiger partial charge is 0.392 e. The van der Waals surface area contributed by atoms with Crippen molar-refractivity contribution in [2.45, 2.75) is 20.0 Å². The van der Waals surface area contributed by atoms with E-state index in [0.29, 0.717) is 6.54 Å². The highest BCUT2D eigenvalue weighted by Crippen LogP contribution is 2.02. The van der Waals surface area contributed by atoms with Gasteiger partial charge in [0.1, 0.15) is 0 Å². The topological polar surface area (TPSA) is 43.8 Å². The molecule has 13 heavy (non-hydrogen) atoms. The molecule has 1 atom stereocenters. The average molecular weight is 186 g/mol. The molecule has 1 aliphatic heterocycles. The van der Waals surface area contributed by atoms with Crippen molar-refractivity contribution in [3.8, 4) is 0 Å². The minimum Gasteiger partial charge on any atom is -0.392 e. The highest BCUT2D eigenvalue weighted by molar-refractivity contribution is 5.73. The number of amides is 1. The van der Waals surface area contributed by atoms with Crippen LogP contribution in [0, 0.1) is 0 Å². The summed E-state index contributed by atoms with van der Waals surface area (Å²) in [4.78, 5) is 15.0. The van der Waals surface area contributed by atoms with Gasteiger partial charge in [0.25, 0.3) is 0 Å². The van der Waals surface area contributed by atoms with E-state index in [1.165, 1.54) is 0 Å². The maximum atomic E-state index is 11.0. The van der Waals surface area contributed by atoms with Gasteiger partial charge in [0, 0.05) is 39.6 Å². The standard InChI is InChI=1S/C9H18N2O2/c1-8(12)7-10-3-5-11(6-4-10)9(2)13/h8,12H,3-7H2,1-2H3/t8-/m1/s1. The number of hydrogen-bond acceptors (Lipinski definition) is 3. The lowest BCUT2D eigenvalue weighted by Gasteiger charge is -2.34. The van der Waals surface area contributed by atoms with Crippen LogP contribution in [0.2, 0.25) is 0 Å². The first-order valence-electron chi connectivity index (χ1n) is 4.75. The van der Waals surface area contributed by atoms with Gasteiger partial charge in [-0.15, -0.1) is 0 Å². The van der Waals surface area contributed by atoms with E-state index in [2.05, 4.69) is 4.90 Å². The first kappa shape index (κ1) is 10.5. The summed E-state index contributed by atoms with van der Waals surface area (Å²) in [6, 6.07) is 0. The molecule has 0 radical (unpaired) electrons. The predicted octanol–water partition coefficient (Wildman–Crippen LogP) is -0.469. The van der Waals surface area contributed by atoms with Crippen LogP contribution < -0.4 is 0 Å². The predicted molar refractivity (Wildman–Crippen MR) is 50.4 cm³/mol. The van der Waals surface area contributed by atoms with E-state index >= 15 is 0 Å². The van der Waals surface area contributed by atoms with E-state index in [4.69, 9.17) is 5.11 Å². The Morgan fingerprint density at radius 2 is 1.92 bits per heavy atom. The fraction of sp³-hybridized carbons (Fsp3) is 0.889. The van der Waals surface area contributed by atoms with Crippen LogP contribution in [0.1, 0.15) is 13.8 Å². The van der Waals surface area contributed by atoms with E-state index in [1.807, 2.05) is 4.90 Å². The molecule has 76 valence electrons. The zero-order valence-corrected chi connectivity index (χ0v) is 8.36. The quantitative estimate of drug-likeness (QED) is 0.634. The van der Waals surface area contributed by atoms with Gasteiger partial charge in [-0.25, -0.2) is 0 Å². The molecule has 0 aromatic rings. The van der Waals surface area contributed by atoms with E-state index < -0.39 is 0 Å². The van der Waals surface area contributed by atoms with Crippen LogP contribution in [0.25, 0.3) is 0 Å². The van der Waals surface area contributed by atoms with Crippen LogP contribution >= 0.6 is 0 Å². The van der Waals surface area contributed by atoms with Crippen molar-refractivity contribution in [1.82, 2.24) is 9.80 Å². The van der Waals surface area contributed by atoms with E-state index in [-0.39, 0.29) is 12.0 Å². The number of aliphatic hydroxyl groups excluding tert-OH is 1. The molecule has 1 saturated heterocycles. The first-order valence-corrected chi connectivity index (χ1v) is 4.75. The van der Waals surface area contributed by atoms with Crippen molar-refractivity contribution >= 4 is 5.91 Å². The Hall–Kier alpha value is -0.610. The molecule has 1 N–H and O–H groups in total. The summed E-state index contributed by atoms with van der Waals surface area (Å²) in [6.45, 7) is 7.45. The van der Waals surface area contributed by atoms with Crippen molar-refractivity contribution < 1.29 is 9.90 Å². The number of rotatable bonds is 2. The van der Waals surface area contributed by atoms with Gasteiger partial charge < -0.3 is 10.0 Å². The highest BCUT2D eigenvalue weighted by atomic mass is 16.3. The summed E-state index contributed by atoms with van der Waals surface area (Å²) in [5, 5.41) is 9.16. The Morgan fingerprint density at radius 3 is 2.31 bits per heavy atom. The molecule has 1 rings (SSSR count). The van der Waals surface area contributed by atoms with Gasteiger partial charge in [-0.1, -0.05) is 0 Å². The molecule has 0 saturated carbocycles. The number of nitrogens with zero attached hydrogens (tertiary/aromatic N) is 2. The van der Waals surface area contributed by atoms with Crippen molar-refractivity contribution in [2.75, 3.05) is 32.7 Å². The normalized spacial score (nSPS) is 21.6. The Labute approximate surface area is 79.1 Å². The van der Waals surface area contributed by atoms with Crippen LogP contribution in [0.3, 0.4) is 0 Å². The molecule has 0 aromatic heterocycles. The molecule has 1 amide bonds. The van der Waals surface area contributed by atoms with Crippen LogP contribution in [0.5, 0.6) is 0 Å². The fourth-order valence-electron chi connectivity index (χ4n) is 1.62. The minimum absolute atomic E-state index is 0.150. The summed E-state index contributed by atoms with van der Waals surface area (Å²) in [6.07, 6.45) is -0.274. The number of β-amino-alcohol motifs (C(OH)–C–C–N with tert-alkyl or cyclic N) is 1. The first-order chi connectivity index (χ1) is 6.09. The molecule has 0 bridgehead atoms. The lowest BCUT2D eigenvalue weighted by Crippen LogP contribution is -2.49. The van der Waals surface area contributed by atoms with E-state index in [0.717, 1.165) is 26.2 Å². The molecular weight excluding hydrogens is 168 g/mol.